The summed E-state index contributed by atoms with van der Waals surface area (Å²) in [7, 11) is 1.46. The molecule has 2 rings (SSSR count). The van der Waals surface area contributed by atoms with E-state index >= 15 is 0 Å². The molecule has 0 saturated heterocycles. The molecule has 0 fully saturated rings. The Kier molecular flexibility index (Phi) is 5.60. The van der Waals surface area contributed by atoms with Crippen LogP contribution in [0, 0.1) is 5.82 Å². The molecule has 0 aliphatic heterocycles. The van der Waals surface area contributed by atoms with Crippen molar-refractivity contribution in [3.63, 3.8) is 0 Å². The van der Waals surface area contributed by atoms with Gasteiger partial charge in [0.15, 0.2) is 11.6 Å². The summed E-state index contributed by atoms with van der Waals surface area (Å²) < 4.78 is 20.9. The summed E-state index contributed by atoms with van der Waals surface area (Å²) in [5, 5.41) is 3.38. The van der Waals surface area contributed by atoms with Gasteiger partial charge >= 0.3 is 0 Å². The molecule has 0 bridgehead atoms. The maximum Gasteiger partial charge on any atom is 0.165 e. The zero-order chi connectivity index (χ0) is 14.7. The first-order chi connectivity index (χ1) is 9.56. The van der Waals surface area contributed by atoms with Crippen LogP contribution in [-0.2, 0) is 0 Å². The van der Waals surface area contributed by atoms with Gasteiger partial charge in [0, 0.05) is 0 Å². The van der Waals surface area contributed by atoms with Crippen molar-refractivity contribution in [1.29, 1.82) is 0 Å². The van der Waals surface area contributed by atoms with Gasteiger partial charge in [-0.1, -0.05) is 13.0 Å². The average Bonchev–Trinajstić information content (AvgIpc) is 2.74. The lowest BCUT2D eigenvalue weighted by molar-refractivity contribution is 0.385. The van der Waals surface area contributed by atoms with Crippen LogP contribution in [0.25, 0.3) is 0 Å². The maximum absolute atomic E-state index is 13.9. The number of hydrogen-bond donors (Lipinski definition) is 1. The van der Waals surface area contributed by atoms with Crippen molar-refractivity contribution < 1.29 is 9.13 Å². The van der Waals surface area contributed by atoms with Gasteiger partial charge in [-0.25, -0.2) is 4.39 Å². The van der Waals surface area contributed by atoms with Crippen molar-refractivity contribution in [2.45, 2.75) is 13.0 Å². The third-order valence-corrected chi connectivity index (χ3v) is 5.30. The van der Waals surface area contributed by atoms with E-state index < -0.39 is 0 Å². The van der Waals surface area contributed by atoms with Crippen LogP contribution in [-0.4, -0.2) is 13.7 Å². The Balaban J connectivity index is 2.43. The number of ether oxygens (including phenoxy) is 1. The average molecular weight is 423 g/mol. The predicted molar refractivity (Wildman–Crippen MR) is 88.2 cm³/mol. The maximum atomic E-state index is 13.9. The Bertz CT molecular complexity index is 603. The molecule has 1 atom stereocenters. The Hall–Kier alpha value is -0.430. The molecule has 108 valence electrons. The molecule has 0 spiro atoms. The SMILES string of the molecule is CCNC(c1ccc(OC)c(F)c1)c1cc(Br)sc1Br. The van der Waals surface area contributed by atoms with Crippen LogP contribution in [0.15, 0.2) is 31.8 Å². The minimum atomic E-state index is -0.349. The highest BCUT2D eigenvalue weighted by Gasteiger charge is 2.19. The molecule has 6 heteroatoms. The van der Waals surface area contributed by atoms with Crippen LogP contribution in [0.1, 0.15) is 24.1 Å². The van der Waals surface area contributed by atoms with E-state index in [1.54, 1.807) is 17.4 Å². The lowest BCUT2D eigenvalue weighted by Gasteiger charge is -2.18. The minimum absolute atomic E-state index is 0.0580. The van der Waals surface area contributed by atoms with Crippen LogP contribution >= 0.6 is 43.2 Å². The van der Waals surface area contributed by atoms with Gasteiger partial charge < -0.3 is 10.1 Å². The fourth-order valence-corrected chi connectivity index (χ4v) is 4.93. The van der Waals surface area contributed by atoms with Gasteiger partial charge in [-0.2, -0.15) is 0 Å². The van der Waals surface area contributed by atoms with Gasteiger partial charge in [0.25, 0.3) is 0 Å². The Morgan fingerprint density at radius 2 is 2.10 bits per heavy atom. The van der Waals surface area contributed by atoms with Crippen molar-refractivity contribution in [2.75, 3.05) is 13.7 Å². The van der Waals surface area contributed by atoms with Crippen LogP contribution in [0.5, 0.6) is 5.75 Å². The fourth-order valence-electron chi connectivity index (χ4n) is 2.02. The quantitative estimate of drug-likeness (QED) is 0.721. The van der Waals surface area contributed by atoms with E-state index in [9.17, 15) is 4.39 Å². The van der Waals surface area contributed by atoms with E-state index in [0.717, 1.165) is 25.2 Å². The van der Waals surface area contributed by atoms with E-state index in [-0.39, 0.29) is 17.6 Å². The zero-order valence-electron chi connectivity index (χ0n) is 11.0. The number of thiophene rings is 1. The first kappa shape index (κ1) is 15.9. The summed E-state index contributed by atoms with van der Waals surface area (Å²) in [5.74, 6) is -0.0899. The monoisotopic (exact) mass is 421 g/mol. The first-order valence-corrected chi connectivity index (χ1v) is 8.48. The highest BCUT2D eigenvalue weighted by molar-refractivity contribution is 9.12. The molecule has 1 heterocycles. The fraction of sp³-hybridized carbons (Fsp3) is 0.286. The third-order valence-electron chi connectivity index (χ3n) is 2.91. The van der Waals surface area contributed by atoms with E-state index in [1.165, 1.54) is 13.2 Å². The molecular weight excluding hydrogens is 409 g/mol. The number of halogens is 3. The van der Waals surface area contributed by atoms with Gasteiger partial charge in [0.2, 0.25) is 0 Å². The first-order valence-electron chi connectivity index (χ1n) is 6.08. The van der Waals surface area contributed by atoms with Crippen molar-refractivity contribution in [1.82, 2.24) is 5.32 Å². The molecule has 0 radical (unpaired) electrons. The Morgan fingerprint density at radius 1 is 1.35 bits per heavy atom. The standard InChI is InChI=1S/C14H14Br2FNOS/c1-3-18-13(9-7-12(15)20-14(9)16)8-4-5-11(19-2)10(17)6-8/h4-7,13,18H,3H2,1-2H3. The molecule has 0 saturated carbocycles. The number of benzene rings is 1. The van der Waals surface area contributed by atoms with E-state index in [1.807, 2.05) is 19.1 Å². The van der Waals surface area contributed by atoms with Gasteiger partial charge in [-0.15, -0.1) is 11.3 Å². The number of methoxy groups -OCH3 is 1. The molecule has 1 N–H and O–H groups in total. The van der Waals surface area contributed by atoms with Gasteiger partial charge in [0.1, 0.15) is 0 Å². The number of nitrogens with one attached hydrogen (secondary N) is 1. The summed E-state index contributed by atoms with van der Waals surface area (Å²) in [6.07, 6.45) is 0. The summed E-state index contributed by atoms with van der Waals surface area (Å²) in [5.41, 5.74) is 1.96. The van der Waals surface area contributed by atoms with Crippen molar-refractivity contribution in [2.24, 2.45) is 0 Å². The molecule has 2 aromatic rings. The summed E-state index contributed by atoms with van der Waals surface area (Å²) >= 11 is 8.65. The lowest BCUT2D eigenvalue weighted by Crippen LogP contribution is -2.22. The van der Waals surface area contributed by atoms with Crippen LogP contribution in [0.4, 0.5) is 4.39 Å². The Labute approximate surface area is 138 Å². The predicted octanol–water partition coefficient (Wildman–Crippen LogP) is 5.12. The van der Waals surface area contributed by atoms with Gasteiger partial charge in [-0.3, -0.25) is 0 Å². The van der Waals surface area contributed by atoms with Gasteiger partial charge in [0.05, 0.1) is 20.7 Å². The van der Waals surface area contributed by atoms with Crippen molar-refractivity contribution >= 4 is 43.2 Å². The van der Waals surface area contributed by atoms with Crippen molar-refractivity contribution in [3.05, 3.63) is 48.8 Å². The number of rotatable bonds is 5. The summed E-state index contributed by atoms with van der Waals surface area (Å²) in [4.78, 5) is 0. The van der Waals surface area contributed by atoms with E-state index in [4.69, 9.17) is 4.74 Å². The van der Waals surface area contributed by atoms with Crippen LogP contribution < -0.4 is 10.1 Å². The van der Waals surface area contributed by atoms with E-state index in [2.05, 4.69) is 37.2 Å². The highest BCUT2D eigenvalue weighted by atomic mass is 79.9. The zero-order valence-corrected chi connectivity index (χ0v) is 15.0. The summed E-state index contributed by atoms with van der Waals surface area (Å²) in [6, 6.07) is 7.05. The topological polar surface area (TPSA) is 21.3 Å². The molecule has 0 aliphatic rings. The Morgan fingerprint density at radius 3 is 2.60 bits per heavy atom. The minimum Gasteiger partial charge on any atom is -0.494 e. The molecule has 1 aromatic carbocycles. The van der Waals surface area contributed by atoms with Gasteiger partial charge in [-0.05, 0) is 67.7 Å². The second-order valence-corrected chi connectivity index (χ2v) is 7.91. The third kappa shape index (κ3) is 3.42. The van der Waals surface area contributed by atoms with E-state index in [0.29, 0.717) is 0 Å². The summed E-state index contributed by atoms with van der Waals surface area (Å²) in [6.45, 7) is 2.82. The second-order valence-electron chi connectivity index (χ2n) is 4.16. The van der Waals surface area contributed by atoms with Crippen LogP contribution in [0.2, 0.25) is 0 Å². The van der Waals surface area contributed by atoms with Crippen LogP contribution in [0.3, 0.4) is 0 Å². The number of hydrogen-bond acceptors (Lipinski definition) is 3. The molecule has 0 amide bonds. The smallest absolute Gasteiger partial charge is 0.165 e. The normalized spacial score (nSPS) is 12.4. The molecule has 1 unspecified atom stereocenters. The molecule has 2 nitrogen and oxygen atoms in total. The molecule has 20 heavy (non-hydrogen) atoms. The van der Waals surface area contributed by atoms with Crippen molar-refractivity contribution in [3.8, 4) is 5.75 Å². The highest BCUT2D eigenvalue weighted by Crippen LogP contribution is 2.38. The second kappa shape index (κ2) is 7.02. The largest absolute Gasteiger partial charge is 0.494 e. The molecular formula is C14H14Br2FNOS. The lowest BCUT2D eigenvalue weighted by atomic mass is 10.0. The molecule has 0 aliphatic carbocycles. The molecule has 1 aromatic heterocycles.